The molecule has 1 heterocycles. The molecule has 0 spiro atoms. The van der Waals surface area contributed by atoms with Crippen LogP contribution in [0.25, 0.3) is 0 Å². The molecule has 62 valence electrons. The van der Waals surface area contributed by atoms with E-state index in [1.54, 1.807) is 0 Å². The van der Waals surface area contributed by atoms with Crippen molar-refractivity contribution in [3.05, 3.63) is 20.5 Å². The van der Waals surface area contributed by atoms with Crippen LogP contribution in [0.4, 0.5) is 0 Å². The quantitative estimate of drug-likeness (QED) is 0.508. The molecule has 0 N–H and O–H groups in total. The molecule has 11 heavy (non-hydrogen) atoms. The summed E-state index contributed by atoms with van der Waals surface area (Å²) in [7, 11) is 0. The van der Waals surface area contributed by atoms with Crippen molar-refractivity contribution < 1.29 is 2.95 Å². The molecule has 0 fully saturated rings. The number of hydrogen-bond donors (Lipinski definition) is 0. The van der Waals surface area contributed by atoms with Gasteiger partial charge >= 0.3 is 77.3 Å². The van der Waals surface area contributed by atoms with E-state index in [0.29, 0.717) is 0 Å². The third-order valence-electron chi connectivity index (χ3n) is 1.55. The van der Waals surface area contributed by atoms with Crippen LogP contribution in [0, 0.1) is 12.1 Å². The van der Waals surface area contributed by atoms with Crippen LogP contribution in [-0.4, -0.2) is 20.7 Å². The van der Waals surface area contributed by atoms with Gasteiger partial charge in [-0.3, -0.25) is 0 Å². The van der Waals surface area contributed by atoms with Crippen LogP contribution in [0.5, 0.6) is 0 Å². The van der Waals surface area contributed by atoms with Crippen molar-refractivity contribution in [3.8, 4) is 0 Å². The Balaban J connectivity index is 3.08. The van der Waals surface area contributed by atoms with Gasteiger partial charge in [-0.1, -0.05) is 0 Å². The van der Waals surface area contributed by atoms with E-state index in [1.807, 2.05) is 6.92 Å². The van der Waals surface area contributed by atoms with Crippen LogP contribution in [0.2, 0.25) is 0 Å². The fourth-order valence-electron chi connectivity index (χ4n) is 0.784. The van der Waals surface area contributed by atoms with E-state index in [2.05, 4.69) is 26.8 Å². The molecule has 0 aliphatic carbocycles. The van der Waals surface area contributed by atoms with Gasteiger partial charge in [-0.15, -0.1) is 0 Å². The Morgan fingerprint density at radius 1 is 1.45 bits per heavy atom. The van der Waals surface area contributed by atoms with E-state index in [9.17, 15) is 5.21 Å². The van der Waals surface area contributed by atoms with Gasteiger partial charge in [-0.25, -0.2) is 0 Å². The molecule has 0 saturated carbocycles. The Bertz CT molecular complexity index is 240. The number of nitrogens with zero attached hydrogens (tertiary/aromatic N) is 1. The SMILES string of the molecule is Cc1cc(C(C)(C)C)[te][n+]1[O-]. The van der Waals surface area contributed by atoms with E-state index < -0.39 is 20.7 Å². The molecule has 1 aromatic heterocycles. The summed E-state index contributed by atoms with van der Waals surface area (Å²) in [4.78, 5) is 0. The van der Waals surface area contributed by atoms with Gasteiger partial charge < -0.3 is 0 Å². The number of aryl methyl sites for hydroxylation is 1. The molecular weight excluding hydrogens is 254 g/mol. The summed E-state index contributed by atoms with van der Waals surface area (Å²) in [6.07, 6.45) is 0. The van der Waals surface area contributed by atoms with Crippen molar-refractivity contribution >= 4 is 20.7 Å². The van der Waals surface area contributed by atoms with Crippen molar-refractivity contribution in [3.63, 3.8) is 0 Å². The predicted octanol–water partition coefficient (Wildman–Crippen LogP) is 0.983. The molecule has 0 bridgehead atoms. The standard InChI is InChI=1S/C8H13NOTe/c1-6-5-7(8(2,3)4)11-9(6)10/h5H,1-4H3. The van der Waals surface area contributed by atoms with Crippen molar-refractivity contribution in [2.24, 2.45) is 0 Å². The van der Waals surface area contributed by atoms with E-state index in [4.69, 9.17) is 0 Å². The van der Waals surface area contributed by atoms with E-state index in [0.717, 1.165) is 5.69 Å². The molecule has 1 aromatic rings. The van der Waals surface area contributed by atoms with E-state index >= 15 is 0 Å². The van der Waals surface area contributed by atoms with Gasteiger partial charge in [0.15, 0.2) is 0 Å². The normalized spacial score (nSPS) is 12.0. The summed E-state index contributed by atoms with van der Waals surface area (Å²) >= 11 is -0.590. The first-order valence-corrected chi connectivity index (χ1v) is 5.83. The summed E-state index contributed by atoms with van der Waals surface area (Å²) in [5.74, 6) is 0. The van der Waals surface area contributed by atoms with Crippen molar-refractivity contribution in [1.29, 1.82) is 0 Å². The molecular formula is C8H13NOTe. The van der Waals surface area contributed by atoms with Gasteiger partial charge in [0.25, 0.3) is 0 Å². The second-order valence-corrected chi connectivity index (χ2v) is 6.47. The Kier molecular flexibility index (Phi) is 2.32. The van der Waals surface area contributed by atoms with Crippen molar-refractivity contribution in [2.75, 3.05) is 0 Å². The van der Waals surface area contributed by atoms with E-state index in [-0.39, 0.29) is 5.41 Å². The number of hydrogen-bond acceptors (Lipinski definition) is 1. The van der Waals surface area contributed by atoms with Gasteiger partial charge in [0.1, 0.15) is 0 Å². The Morgan fingerprint density at radius 2 is 2.00 bits per heavy atom. The van der Waals surface area contributed by atoms with Crippen LogP contribution in [0.3, 0.4) is 0 Å². The predicted molar refractivity (Wildman–Crippen MR) is 45.8 cm³/mol. The number of aromatic nitrogens is 1. The van der Waals surface area contributed by atoms with Crippen LogP contribution in [-0.2, 0) is 5.41 Å². The van der Waals surface area contributed by atoms with Gasteiger partial charge in [0.2, 0.25) is 0 Å². The van der Waals surface area contributed by atoms with Gasteiger partial charge in [-0.2, -0.15) is 0 Å². The molecule has 3 heteroatoms. The third kappa shape index (κ3) is 1.98. The number of rotatable bonds is 0. The second kappa shape index (κ2) is 2.80. The minimum absolute atomic E-state index is 0.197. The molecule has 0 atom stereocenters. The van der Waals surface area contributed by atoms with Gasteiger partial charge in [0.05, 0.1) is 0 Å². The van der Waals surface area contributed by atoms with Crippen molar-refractivity contribution in [2.45, 2.75) is 33.1 Å². The maximum atomic E-state index is 11.1. The fraction of sp³-hybridized carbons (Fsp3) is 0.625. The summed E-state index contributed by atoms with van der Waals surface area (Å²) in [5, 5.41) is 11.1. The first-order valence-electron chi connectivity index (χ1n) is 3.62. The summed E-state index contributed by atoms with van der Waals surface area (Å²) in [6.45, 7) is 8.37. The first-order chi connectivity index (χ1) is 4.91. The first kappa shape index (κ1) is 9.09. The Labute approximate surface area is 77.4 Å². The molecule has 0 aliphatic heterocycles. The summed E-state index contributed by atoms with van der Waals surface area (Å²) < 4.78 is 2.53. The van der Waals surface area contributed by atoms with Crippen LogP contribution >= 0.6 is 0 Å². The molecule has 1 rings (SSSR count). The van der Waals surface area contributed by atoms with Gasteiger partial charge in [0, 0.05) is 0 Å². The summed E-state index contributed by atoms with van der Waals surface area (Å²) in [5.41, 5.74) is 1.08. The molecule has 0 aliphatic rings. The Hall–Kier alpha value is -0.000390. The van der Waals surface area contributed by atoms with Crippen LogP contribution < -0.4 is 2.95 Å². The monoisotopic (exact) mass is 269 g/mol. The van der Waals surface area contributed by atoms with E-state index in [1.165, 1.54) is 6.53 Å². The fourth-order valence-corrected chi connectivity index (χ4v) is 3.27. The Morgan fingerprint density at radius 3 is 2.18 bits per heavy atom. The van der Waals surface area contributed by atoms with Crippen LogP contribution in [0.15, 0.2) is 6.07 Å². The zero-order valence-electron chi connectivity index (χ0n) is 7.34. The molecule has 0 saturated heterocycles. The average Bonchev–Trinajstić information content (AvgIpc) is 2.11. The molecule has 2 nitrogen and oxygen atoms in total. The zero-order valence-corrected chi connectivity index (χ0v) is 9.67. The molecule has 0 unspecified atom stereocenters. The minimum atomic E-state index is -0.590. The molecule has 0 amide bonds. The zero-order chi connectivity index (χ0) is 8.65. The molecule has 0 radical (unpaired) electrons. The van der Waals surface area contributed by atoms with Crippen molar-refractivity contribution in [1.82, 2.24) is 0 Å². The van der Waals surface area contributed by atoms with Crippen LogP contribution in [0.1, 0.15) is 30.0 Å². The second-order valence-electron chi connectivity index (χ2n) is 3.75. The topological polar surface area (TPSA) is 26.9 Å². The maximum absolute atomic E-state index is 11.1. The third-order valence-corrected chi connectivity index (χ3v) is 5.49. The molecule has 0 aromatic carbocycles. The average molecular weight is 267 g/mol. The summed E-state index contributed by atoms with van der Waals surface area (Å²) in [6, 6.07) is 2.05. The van der Waals surface area contributed by atoms with Gasteiger partial charge in [-0.05, 0) is 0 Å².